The number of phenolic OH excluding ortho intramolecular Hbond substituents is 2. The molecule has 0 aliphatic heterocycles. The minimum absolute atomic E-state index is 0.258. The average Bonchev–Trinajstić information content (AvgIpc) is 2.73. The summed E-state index contributed by atoms with van der Waals surface area (Å²) in [7, 11) is 0. The first-order chi connectivity index (χ1) is 13.7. The molecule has 2 heteroatoms. The smallest absolute Gasteiger partial charge is 0.115 e. The second-order valence-corrected chi connectivity index (χ2v) is 7.04. The SMILES string of the molecule is Oc1ccc(-c2cc(-c3ccc(O)cc3)c3cc4ccccc4cc3c2)cc1. The molecule has 0 aromatic heterocycles. The Morgan fingerprint density at radius 3 is 1.64 bits per heavy atom. The highest BCUT2D eigenvalue weighted by molar-refractivity contribution is 6.07. The van der Waals surface area contributed by atoms with Gasteiger partial charge < -0.3 is 10.2 Å². The molecule has 0 radical (unpaired) electrons. The third-order valence-electron chi connectivity index (χ3n) is 5.20. The van der Waals surface area contributed by atoms with Gasteiger partial charge in [0.15, 0.2) is 0 Å². The zero-order valence-corrected chi connectivity index (χ0v) is 15.1. The summed E-state index contributed by atoms with van der Waals surface area (Å²) in [6, 6.07) is 31.8. The van der Waals surface area contributed by atoms with E-state index in [0.29, 0.717) is 0 Å². The molecule has 0 saturated heterocycles. The van der Waals surface area contributed by atoms with E-state index in [4.69, 9.17) is 0 Å². The van der Waals surface area contributed by atoms with E-state index >= 15 is 0 Å². The van der Waals surface area contributed by atoms with E-state index in [1.165, 1.54) is 16.2 Å². The quantitative estimate of drug-likeness (QED) is 0.341. The van der Waals surface area contributed by atoms with Gasteiger partial charge in [0.25, 0.3) is 0 Å². The average molecular weight is 362 g/mol. The number of rotatable bonds is 2. The molecule has 0 atom stereocenters. The van der Waals surface area contributed by atoms with Crippen molar-refractivity contribution in [2.45, 2.75) is 0 Å². The van der Waals surface area contributed by atoms with E-state index in [2.05, 4.69) is 48.5 Å². The van der Waals surface area contributed by atoms with Crippen LogP contribution in [0.3, 0.4) is 0 Å². The van der Waals surface area contributed by atoms with Crippen LogP contribution in [-0.4, -0.2) is 10.2 Å². The van der Waals surface area contributed by atoms with Crippen LogP contribution in [0.25, 0.3) is 43.8 Å². The highest BCUT2D eigenvalue weighted by Crippen LogP contribution is 2.37. The molecule has 0 saturated carbocycles. The number of phenols is 2. The highest BCUT2D eigenvalue weighted by Gasteiger charge is 2.10. The minimum Gasteiger partial charge on any atom is -0.508 e. The van der Waals surface area contributed by atoms with E-state index in [1.54, 1.807) is 24.3 Å². The fraction of sp³-hybridized carbons (Fsp3) is 0. The van der Waals surface area contributed by atoms with Gasteiger partial charge in [0.05, 0.1) is 0 Å². The van der Waals surface area contributed by atoms with Gasteiger partial charge in [-0.15, -0.1) is 0 Å². The lowest BCUT2D eigenvalue weighted by Crippen LogP contribution is -1.86. The van der Waals surface area contributed by atoms with Gasteiger partial charge in [0.1, 0.15) is 11.5 Å². The summed E-state index contributed by atoms with van der Waals surface area (Å²) < 4.78 is 0. The first kappa shape index (κ1) is 16.4. The zero-order valence-electron chi connectivity index (χ0n) is 15.1. The fourth-order valence-electron chi connectivity index (χ4n) is 3.75. The summed E-state index contributed by atoms with van der Waals surface area (Å²) in [6.45, 7) is 0. The van der Waals surface area contributed by atoms with Crippen molar-refractivity contribution in [2.75, 3.05) is 0 Å². The van der Waals surface area contributed by atoms with Gasteiger partial charge in [-0.2, -0.15) is 0 Å². The van der Waals surface area contributed by atoms with E-state index in [-0.39, 0.29) is 11.5 Å². The number of hydrogen-bond acceptors (Lipinski definition) is 2. The lowest BCUT2D eigenvalue weighted by molar-refractivity contribution is 0.475. The maximum absolute atomic E-state index is 9.69. The van der Waals surface area contributed by atoms with Gasteiger partial charge in [-0.05, 0) is 92.3 Å². The monoisotopic (exact) mass is 362 g/mol. The van der Waals surface area contributed by atoms with Crippen LogP contribution in [0.4, 0.5) is 0 Å². The molecule has 0 spiro atoms. The Morgan fingerprint density at radius 2 is 1.00 bits per heavy atom. The van der Waals surface area contributed by atoms with Gasteiger partial charge in [-0.3, -0.25) is 0 Å². The van der Waals surface area contributed by atoms with Crippen LogP contribution in [0.15, 0.2) is 97.1 Å². The number of aromatic hydroxyl groups is 2. The molecule has 0 heterocycles. The standard InChI is InChI=1S/C26H18O2/c27-23-9-5-17(6-10-23)21-14-22-13-19-3-1-2-4-20(19)15-26(22)25(16-21)18-7-11-24(28)12-8-18/h1-16,27-28H. The zero-order chi connectivity index (χ0) is 19.1. The van der Waals surface area contributed by atoms with Crippen LogP contribution in [0.2, 0.25) is 0 Å². The maximum Gasteiger partial charge on any atom is 0.115 e. The van der Waals surface area contributed by atoms with Gasteiger partial charge in [-0.1, -0.05) is 48.5 Å². The maximum atomic E-state index is 9.69. The molecule has 0 aliphatic rings. The van der Waals surface area contributed by atoms with E-state index < -0.39 is 0 Å². The molecule has 5 aromatic rings. The minimum atomic E-state index is 0.258. The van der Waals surface area contributed by atoms with E-state index in [0.717, 1.165) is 27.6 Å². The van der Waals surface area contributed by atoms with Crippen molar-refractivity contribution in [1.82, 2.24) is 0 Å². The van der Waals surface area contributed by atoms with Crippen molar-refractivity contribution in [3.8, 4) is 33.8 Å². The van der Waals surface area contributed by atoms with Crippen LogP contribution in [0, 0.1) is 0 Å². The van der Waals surface area contributed by atoms with E-state index in [9.17, 15) is 10.2 Å². The topological polar surface area (TPSA) is 40.5 Å². The fourth-order valence-corrected chi connectivity index (χ4v) is 3.75. The van der Waals surface area contributed by atoms with Crippen molar-refractivity contribution >= 4 is 21.5 Å². The number of fused-ring (bicyclic) bond motifs is 2. The first-order valence-corrected chi connectivity index (χ1v) is 9.23. The highest BCUT2D eigenvalue weighted by atomic mass is 16.3. The van der Waals surface area contributed by atoms with E-state index in [1.807, 2.05) is 24.3 Å². The number of benzene rings is 5. The summed E-state index contributed by atoms with van der Waals surface area (Å²) in [5, 5.41) is 24.1. The Balaban J connectivity index is 1.83. The molecule has 0 unspecified atom stereocenters. The lowest BCUT2D eigenvalue weighted by Gasteiger charge is -2.13. The molecule has 2 nitrogen and oxygen atoms in total. The molecule has 134 valence electrons. The molecular formula is C26H18O2. The van der Waals surface area contributed by atoms with Crippen molar-refractivity contribution in [2.24, 2.45) is 0 Å². The van der Waals surface area contributed by atoms with Crippen molar-refractivity contribution in [3.63, 3.8) is 0 Å². The molecule has 0 aliphatic carbocycles. The third kappa shape index (κ3) is 2.85. The Labute approximate surface area is 162 Å². The Bertz CT molecular complexity index is 1300. The Kier molecular flexibility index (Phi) is 3.77. The molecule has 2 N–H and O–H groups in total. The summed E-state index contributed by atoms with van der Waals surface area (Å²) in [5.74, 6) is 0.516. The van der Waals surface area contributed by atoms with Crippen LogP contribution >= 0.6 is 0 Å². The van der Waals surface area contributed by atoms with Gasteiger partial charge in [0.2, 0.25) is 0 Å². The largest absolute Gasteiger partial charge is 0.508 e. The van der Waals surface area contributed by atoms with Crippen molar-refractivity contribution in [1.29, 1.82) is 0 Å². The van der Waals surface area contributed by atoms with Crippen molar-refractivity contribution < 1.29 is 10.2 Å². The summed E-state index contributed by atoms with van der Waals surface area (Å²) in [4.78, 5) is 0. The Morgan fingerprint density at radius 1 is 0.429 bits per heavy atom. The first-order valence-electron chi connectivity index (χ1n) is 9.23. The van der Waals surface area contributed by atoms with Crippen LogP contribution < -0.4 is 0 Å². The van der Waals surface area contributed by atoms with Crippen molar-refractivity contribution in [3.05, 3.63) is 97.1 Å². The number of hydrogen-bond donors (Lipinski definition) is 2. The predicted molar refractivity (Wildman–Crippen MR) is 116 cm³/mol. The second kappa shape index (κ2) is 6.43. The molecule has 5 aromatic carbocycles. The molecule has 0 amide bonds. The summed E-state index contributed by atoms with van der Waals surface area (Å²) in [5.41, 5.74) is 4.31. The molecule has 28 heavy (non-hydrogen) atoms. The third-order valence-corrected chi connectivity index (χ3v) is 5.20. The van der Waals surface area contributed by atoms with Crippen LogP contribution in [0.1, 0.15) is 0 Å². The van der Waals surface area contributed by atoms with Crippen LogP contribution in [-0.2, 0) is 0 Å². The lowest BCUT2D eigenvalue weighted by atomic mass is 9.91. The summed E-state index contributed by atoms with van der Waals surface area (Å²) >= 11 is 0. The molecule has 0 bridgehead atoms. The molecular weight excluding hydrogens is 344 g/mol. The van der Waals surface area contributed by atoms with Gasteiger partial charge in [0, 0.05) is 0 Å². The molecule has 0 fully saturated rings. The van der Waals surface area contributed by atoms with Gasteiger partial charge in [-0.25, -0.2) is 0 Å². The van der Waals surface area contributed by atoms with Crippen LogP contribution in [0.5, 0.6) is 11.5 Å². The molecule has 5 rings (SSSR count). The normalized spacial score (nSPS) is 11.1. The second-order valence-electron chi connectivity index (χ2n) is 7.04. The summed E-state index contributed by atoms with van der Waals surface area (Å²) in [6.07, 6.45) is 0. The predicted octanol–water partition coefficient (Wildman–Crippen LogP) is 6.74. The Hall–Kier alpha value is -3.78. The van der Waals surface area contributed by atoms with Gasteiger partial charge >= 0.3 is 0 Å².